The van der Waals surface area contributed by atoms with Crippen molar-refractivity contribution >= 4 is 80.5 Å². The summed E-state index contributed by atoms with van der Waals surface area (Å²) in [4.78, 5) is 136. The molecule has 32 heteroatoms. The molecule has 472 valence electrons. The number of anilines is 1. The number of benzene rings is 4. The topological polar surface area (TPSA) is 419 Å². The number of para-hydroxylation sites is 1. The molecule has 6 atom stereocenters. The number of aromatic carboxylic acids is 1. The molecule has 2 aromatic heterocycles. The maximum atomic E-state index is 13.6. The minimum absolute atomic E-state index is 0.00708. The molecule has 89 heavy (non-hydrogen) atoms. The number of aromatic nitrogens is 3. The van der Waals surface area contributed by atoms with Gasteiger partial charge in [-0.15, -0.1) is 0 Å². The second-order valence-corrected chi connectivity index (χ2v) is 25.3. The van der Waals surface area contributed by atoms with Crippen LogP contribution in [-0.4, -0.2) is 125 Å². The van der Waals surface area contributed by atoms with Gasteiger partial charge in [-0.2, -0.15) is 0 Å². The van der Waals surface area contributed by atoms with E-state index < -0.39 is 83.5 Å². The van der Waals surface area contributed by atoms with Gasteiger partial charge >= 0.3 is 13.5 Å². The van der Waals surface area contributed by atoms with Gasteiger partial charge in [-0.3, -0.25) is 42.7 Å². The fourth-order valence-electron chi connectivity index (χ4n) is 9.94. The smallest absolute Gasteiger partial charge is 0.476 e. The zero-order valence-corrected chi connectivity index (χ0v) is 51.0. The van der Waals surface area contributed by atoms with Crippen LogP contribution in [0.3, 0.4) is 0 Å². The number of nitrogens with zero attached hydrogens (tertiary/aromatic N) is 4. The Kier molecular flexibility index (Phi) is 21.1. The molecule has 6 unspecified atom stereocenters. The van der Waals surface area contributed by atoms with Crippen LogP contribution in [0.1, 0.15) is 70.7 Å². The molecule has 0 bridgehead atoms. The van der Waals surface area contributed by atoms with Crippen LogP contribution in [0, 0.1) is 17.8 Å². The highest BCUT2D eigenvalue weighted by Gasteiger charge is 2.38. The molecule has 1 saturated heterocycles. The van der Waals surface area contributed by atoms with Crippen LogP contribution in [0.15, 0.2) is 105 Å². The minimum atomic E-state index is -6.14. The number of ketones is 1. The summed E-state index contributed by atoms with van der Waals surface area (Å²) in [6.45, 7) is 0.384. The van der Waals surface area contributed by atoms with Crippen molar-refractivity contribution in [2.45, 2.75) is 64.0 Å². The largest absolute Gasteiger partial charge is 0.756 e. The van der Waals surface area contributed by atoms with Crippen molar-refractivity contribution in [3.63, 3.8) is 0 Å². The van der Waals surface area contributed by atoms with E-state index in [1.54, 1.807) is 16.8 Å². The zero-order chi connectivity index (χ0) is 64.7. The van der Waals surface area contributed by atoms with Gasteiger partial charge in [-0.25, -0.2) is 22.6 Å². The third-order valence-corrected chi connectivity index (χ3v) is 18.0. The molecule has 7 N–H and O–H groups in total. The lowest BCUT2D eigenvalue weighted by Crippen LogP contribution is -2.36. The second kappa shape index (κ2) is 28.1. The summed E-state index contributed by atoms with van der Waals surface area (Å²) in [7, 11) is -10.2. The number of fused-ring (bicyclic) bond motifs is 3. The first kappa shape index (κ1) is 66.8. The molecule has 2 aliphatic heterocycles. The van der Waals surface area contributed by atoms with E-state index in [0.717, 1.165) is 38.3 Å². The molecule has 3 aromatic carbocycles. The molecule has 5 aromatic rings. The number of aromatic amines is 1. The van der Waals surface area contributed by atoms with Crippen molar-refractivity contribution in [3.05, 3.63) is 140 Å². The number of carboxylic acid groups (broad SMARTS) is 1. The van der Waals surface area contributed by atoms with Gasteiger partial charge in [0, 0.05) is 121 Å². The van der Waals surface area contributed by atoms with Gasteiger partial charge in [0.15, 0.2) is 0 Å². The summed E-state index contributed by atoms with van der Waals surface area (Å²) < 4.78 is 61.9. The average molecular weight is 1290 g/mol. The number of Topliss-reactive ketones (excluding diaryl/α,β-unsaturated/α-hetero) is 1. The maximum absolute atomic E-state index is 13.6. The highest BCUT2D eigenvalue weighted by atomic mass is 31.3. The van der Waals surface area contributed by atoms with Gasteiger partial charge in [0.05, 0.1) is 31.3 Å². The van der Waals surface area contributed by atoms with Crippen molar-refractivity contribution in [1.82, 2.24) is 34.6 Å². The Bertz CT molecular complexity index is 4290. The molecule has 29 nitrogen and oxygen atoms in total. The van der Waals surface area contributed by atoms with Crippen molar-refractivity contribution in [2.24, 2.45) is 5.92 Å². The van der Waals surface area contributed by atoms with Crippen molar-refractivity contribution in [1.29, 1.82) is 0 Å². The third-order valence-electron chi connectivity index (χ3n) is 14.3. The number of carbonyl (C=O) groups excluding carboxylic acids is 5. The molecule has 0 radical (unpaired) electrons. The standard InChI is InChI=1S/C57H63N8O21P3/c1-6-33(45(66)19-20-50(68)58-21-9-10-35-30-65(57(74)61-55(35)71)52-28-46(67)49(84-52)32-82-88(78,79)86-89(80,81)85-87(75,76)77)24-36-29-64(44-12-8-7-11-39(36)44)31-51(69)59-22-23-60-54(70)34-13-16-40(43(25-34)56(72)73)53-41-17-14-37(62(2)3)26-47(41)83-48-27-38(63(4)5)15-18-42(48)53/h7-8,11-18,25-27,29-30,33,46,49,52,67H,6,19-24,28,31-32H2,1-5H3,(H8-,58,59,60,61,68,69,70,71,72,73,74,75,76,77,78,79,80,81)/p-2. The highest BCUT2D eigenvalue weighted by Crippen LogP contribution is 2.62. The minimum Gasteiger partial charge on any atom is -0.756 e. The maximum Gasteiger partial charge on any atom is 0.476 e. The fourth-order valence-corrected chi connectivity index (χ4v) is 12.9. The predicted molar refractivity (Wildman–Crippen MR) is 314 cm³/mol. The van der Waals surface area contributed by atoms with Crippen LogP contribution in [0.25, 0.3) is 44.3 Å². The van der Waals surface area contributed by atoms with Gasteiger partial charge in [-0.1, -0.05) is 43.0 Å². The molecule has 4 heterocycles. The molecule has 1 fully saturated rings. The van der Waals surface area contributed by atoms with Crippen molar-refractivity contribution in [2.75, 3.05) is 59.3 Å². The number of phosphoric ester groups is 1. The SMILES string of the molecule is CCC(Cc1cn(CC(=O)NCCNC(=O)c2ccc(-c3c4ccc(=[N+](C)C)cc-4oc4cc(N(C)C)ccc34)c(C(=O)[O-])c2)c2ccccc12)C(=O)CCC(=O)NCC#Cc1cn(C2CC(O)C(COP(=O)([O-])OP(=O)([O-])OP(=O)(O)O)O2)c(=O)[nH]c1=O. The Balaban J connectivity index is 0.817. The summed E-state index contributed by atoms with van der Waals surface area (Å²) in [5, 5.41) is 33.7. The number of carbonyl (C=O) groups is 5. The Morgan fingerprint density at radius 2 is 1.61 bits per heavy atom. The number of amides is 3. The number of phosphoric acid groups is 3. The molecule has 0 saturated carbocycles. The Morgan fingerprint density at radius 3 is 2.31 bits per heavy atom. The first-order valence-electron chi connectivity index (χ1n) is 27.4. The van der Waals surface area contributed by atoms with Gasteiger partial charge in [0.1, 0.15) is 55.7 Å². The number of ether oxygens (including phenoxy) is 1. The van der Waals surface area contributed by atoms with Crippen LogP contribution < -0.4 is 56.9 Å². The van der Waals surface area contributed by atoms with E-state index in [4.69, 9.17) is 18.9 Å². The Hall–Kier alpha value is -8.19. The zero-order valence-electron chi connectivity index (χ0n) is 48.4. The number of hydrogen-bond acceptors (Lipinski definition) is 20. The molecular formula is C57H61N8O21P3-2. The van der Waals surface area contributed by atoms with E-state index in [9.17, 15) is 67.3 Å². The van der Waals surface area contributed by atoms with Crippen LogP contribution in [-0.2, 0) is 58.9 Å². The summed E-state index contributed by atoms with van der Waals surface area (Å²) in [6, 6.07) is 23.0. The summed E-state index contributed by atoms with van der Waals surface area (Å²) in [5.74, 6) is 1.93. The number of aliphatic hydroxyl groups excluding tert-OH is 1. The van der Waals surface area contributed by atoms with Crippen molar-refractivity contribution in [3.8, 4) is 34.3 Å². The van der Waals surface area contributed by atoms with Crippen LogP contribution in [0.4, 0.5) is 5.69 Å². The monoisotopic (exact) mass is 1290 g/mol. The fraction of sp³-hybridized carbons (Fsp3) is 0.333. The third kappa shape index (κ3) is 17.0. The van der Waals surface area contributed by atoms with E-state index >= 15 is 0 Å². The lowest BCUT2D eigenvalue weighted by atomic mass is 9.89. The van der Waals surface area contributed by atoms with E-state index in [2.05, 4.69) is 40.9 Å². The second-order valence-electron chi connectivity index (χ2n) is 20.9. The van der Waals surface area contributed by atoms with E-state index in [-0.39, 0.29) is 73.8 Å². The molecule has 8 rings (SSSR count). The average Bonchev–Trinajstić information content (AvgIpc) is 1.45. The van der Waals surface area contributed by atoms with E-state index in [0.29, 0.717) is 46.3 Å². The normalized spacial score (nSPS) is 16.6. The number of rotatable bonds is 25. The van der Waals surface area contributed by atoms with Crippen LogP contribution in [0.2, 0.25) is 0 Å². The number of nitrogens with one attached hydrogen (secondary N) is 4. The summed E-state index contributed by atoms with van der Waals surface area (Å²) in [6.07, 6.45) is -1.65. The van der Waals surface area contributed by atoms with E-state index in [1.807, 2.05) is 110 Å². The van der Waals surface area contributed by atoms with Gasteiger partial charge in [-0.05, 0) is 60.4 Å². The number of H-pyrrole nitrogens is 1. The molecule has 1 aliphatic carbocycles. The Morgan fingerprint density at radius 1 is 0.876 bits per heavy atom. The lowest BCUT2D eigenvalue weighted by Gasteiger charge is -2.31. The van der Waals surface area contributed by atoms with Gasteiger partial charge in [0.2, 0.25) is 17.2 Å². The lowest BCUT2D eigenvalue weighted by molar-refractivity contribution is -0.255. The molecule has 0 spiro atoms. The highest BCUT2D eigenvalue weighted by molar-refractivity contribution is 7.65. The quantitative estimate of drug-likeness (QED) is 0.0137. The summed E-state index contributed by atoms with van der Waals surface area (Å²) >= 11 is 0. The first-order chi connectivity index (χ1) is 42.0. The van der Waals surface area contributed by atoms with E-state index in [1.165, 1.54) is 12.1 Å². The first-order valence-corrected chi connectivity index (χ1v) is 31.8. The number of aliphatic hydroxyl groups is 1. The number of hydrogen-bond donors (Lipinski definition) is 7. The predicted octanol–water partition coefficient (Wildman–Crippen LogP) is 0.830. The van der Waals surface area contributed by atoms with Crippen molar-refractivity contribution < 1.29 is 89.8 Å². The van der Waals surface area contributed by atoms with Crippen LogP contribution >= 0.6 is 23.5 Å². The molecular weight excluding hydrogens is 1230 g/mol. The molecule has 3 aliphatic rings. The Labute approximate surface area is 506 Å². The van der Waals surface area contributed by atoms with Gasteiger partial charge < -0.3 is 73.7 Å². The summed E-state index contributed by atoms with van der Waals surface area (Å²) in [5.41, 5.74) is 2.10. The van der Waals surface area contributed by atoms with Gasteiger partial charge in [0.25, 0.3) is 27.1 Å². The number of carboxylic acids is 1. The van der Waals surface area contributed by atoms with Crippen LogP contribution in [0.5, 0.6) is 0 Å². The molecule has 3 amide bonds.